The second kappa shape index (κ2) is 9.38. The fourth-order valence-corrected chi connectivity index (χ4v) is 5.67. The van der Waals surface area contributed by atoms with Gasteiger partial charge in [0.1, 0.15) is 5.75 Å². The van der Waals surface area contributed by atoms with Crippen LogP contribution >= 0.6 is 0 Å². The van der Waals surface area contributed by atoms with Crippen LogP contribution in [0.4, 0.5) is 0 Å². The van der Waals surface area contributed by atoms with Crippen LogP contribution in [0.2, 0.25) is 0 Å². The molecule has 1 aliphatic carbocycles. The third kappa shape index (κ3) is 4.36. The number of nitriles is 1. The van der Waals surface area contributed by atoms with Gasteiger partial charge in [0.05, 0.1) is 31.4 Å². The summed E-state index contributed by atoms with van der Waals surface area (Å²) < 4.78 is 18.1. The third-order valence-corrected chi connectivity index (χ3v) is 7.72. The molecular formula is C25H33N3O4. The van der Waals surface area contributed by atoms with Crippen LogP contribution < -0.4 is 10.1 Å². The minimum atomic E-state index is -0.721. The summed E-state index contributed by atoms with van der Waals surface area (Å²) in [7, 11) is 0. The fourth-order valence-electron chi connectivity index (χ4n) is 5.67. The molecule has 0 aromatic heterocycles. The minimum Gasteiger partial charge on any atom is -0.483 e. The summed E-state index contributed by atoms with van der Waals surface area (Å²) in [5.41, 5.74) is 0.497. The second-order valence-electron chi connectivity index (χ2n) is 9.62. The minimum absolute atomic E-state index is 0.00128. The van der Waals surface area contributed by atoms with Gasteiger partial charge in [0.15, 0.2) is 12.2 Å². The van der Waals surface area contributed by atoms with E-state index >= 15 is 0 Å². The molecule has 5 aliphatic rings. The number of carbonyl (C=O) groups excluding carboxylic acids is 1. The van der Waals surface area contributed by atoms with E-state index in [1.165, 1.54) is 5.56 Å². The van der Waals surface area contributed by atoms with E-state index in [4.69, 9.17) is 14.2 Å². The number of rotatable bonds is 3. The standard InChI is InChI=1S/C25H33N3O4/c26-16-25(11-13-32-25)17-27-21-5-3-12-28-22(21)14-30-19-9-7-18(8-10-19)20-4-1-2-6-23(20)31-15-24(28)29/h1-2,4,6,18-19,21-22,27H,3,5,7-15,17H2/t18?,19?,21-,22-,25?/m0/s1. The smallest absolute Gasteiger partial charge is 0.260 e. The number of para-hydroxylation sites is 1. The van der Waals surface area contributed by atoms with E-state index in [1.54, 1.807) is 0 Å². The molecule has 2 bridgehead atoms. The molecule has 2 saturated heterocycles. The largest absolute Gasteiger partial charge is 0.483 e. The topological polar surface area (TPSA) is 83.8 Å². The first-order valence-corrected chi connectivity index (χ1v) is 12.1. The summed E-state index contributed by atoms with van der Waals surface area (Å²) in [5.74, 6) is 1.30. The average Bonchev–Trinajstić information content (AvgIpc) is 2.82. The summed E-state index contributed by atoms with van der Waals surface area (Å²) in [6.45, 7) is 2.40. The Hall–Kier alpha value is -2.14. The third-order valence-electron chi connectivity index (χ3n) is 7.72. The van der Waals surface area contributed by atoms with Gasteiger partial charge in [0.25, 0.3) is 5.91 Å². The SMILES string of the molecule is N#CC1(CN[C@H]2CCCN3C(=O)COc4ccccc4C4CCC(CC4)OC[C@@H]23)CCO1. The van der Waals surface area contributed by atoms with Crippen LogP contribution in [0.25, 0.3) is 0 Å². The van der Waals surface area contributed by atoms with Crippen molar-refractivity contribution >= 4 is 5.91 Å². The predicted molar refractivity (Wildman–Crippen MR) is 118 cm³/mol. The van der Waals surface area contributed by atoms with E-state index in [0.29, 0.717) is 32.2 Å². The zero-order chi connectivity index (χ0) is 22.0. The van der Waals surface area contributed by atoms with Gasteiger partial charge in [-0.1, -0.05) is 18.2 Å². The molecule has 1 aromatic rings. The number of hydrogen-bond acceptors (Lipinski definition) is 6. The van der Waals surface area contributed by atoms with Gasteiger partial charge < -0.3 is 24.4 Å². The van der Waals surface area contributed by atoms with Gasteiger partial charge in [-0.15, -0.1) is 0 Å². The Kier molecular flexibility index (Phi) is 6.36. The molecule has 6 rings (SSSR count). The van der Waals surface area contributed by atoms with Crippen molar-refractivity contribution < 1.29 is 19.0 Å². The van der Waals surface area contributed by atoms with E-state index in [1.807, 2.05) is 17.0 Å². The lowest BCUT2D eigenvalue weighted by molar-refractivity contribution is -0.141. The summed E-state index contributed by atoms with van der Waals surface area (Å²) in [5, 5.41) is 13.1. The highest BCUT2D eigenvalue weighted by atomic mass is 16.5. The van der Waals surface area contributed by atoms with Crippen LogP contribution in [0.3, 0.4) is 0 Å². The number of benzene rings is 1. The van der Waals surface area contributed by atoms with Crippen molar-refractivity contribution in [3.8, 4) is 11.8 Å². The van der Waals surface area contributed by atoms with Crippen LogP contribution in [0.15, 0.2) is 24.3 Å². The number of nitrogens with one attached hydrogen (secondary N) is 1. The van der Waals surface area contributed by atoms with Gasteiger partial charge in [0, 0.05) is 25.6 Å². The lowest BCUT2D eigenvalue weighted by Crippen LogP contribution is -2.61. The highest BCUT2D eigenvalue weighted by Gasteiger charge is 2.42. The maximum absolute atomic E-state index is 13.2. The number of hydrogen-bond donors (Lipinski definition) is 1. The summed E-state index contributed by atoms with van der Waals surface area (Å²) >= 11 is 0. The number of fused-ring (bicyclic) bond motifs is 5. The molecule has 7 heteroatoms. The molecule has 32 heavy (non-hydrogen) atoms. The Morgan fingerprint density at radius 3 is 2.75 bits per heavy atom. The second-order valence-corrected chi connectivity index (χ2v) is 9.62. The number of amides is 1. The molecule has 1 amide bonds. The van der Waals surface area contributed by atoms with Crippen LogP contribution in [0.5, 0.6) is 5.75 Å². The van der Waals surface area contributed by atoms with E-state index in [-0.39, 0.29) is 30.7 Å². The predicted octanol–water partition coefficient (Wildman–Crippen LogP) is 2.75. The average molecular weight is 440 g/mol. The molecule has 4 heterocycles. The van der Waals surface area contributed by atoms with E-state index in [2.05, 4.69) is 23.5 Å². The Bertz CT molecular complexity index is 857. The lowest BCUT2D eigenvalue weighted by atomic mass is 9.82. The Labute approximate surface area is 190 Å². The lowest BCUT2D eigenvalue weighted by Gasteiger charge is -2.44. The number of carbonyl (C=O) groups is 1. The maximum atomic E-state index is 13.2. The molecule has 1 saturated carbocycles. The normalized spacial score (nSPS) is 35.1. The van der Waals surface area contributed by atoms with Crippen LogP contribution in [0, 0.1) is 11.3 Å². The molecule has 1 N–H and O–H groups in total. The summed E-state index contributed by atoms with van der Waals surface area (Å²) in [6, 6.07) is 10.5. The molecule has 0 radical (unpaired) electrons. The number of piperidine rings is 1. The van der Waals surface area contributed by atoms with Crippen LogP contribution in [-0.2, 0) is 14.3 Å². The van der Waals surface area contributed by atoms with Gasteiger partial charge in [-0.2, -0.15) is 5.26 Å². The highest BCUT2D eigenvalue weighted by Crippen LogP contribution is 2.39. The van der Waals surface area contributed by atoms with Crippen molar-refractivity contribution in [3.05, 3.63) is 29.8 Å². The molecule has 3 atom stereocenters. The van der Waals surface area contributed by atoms with Crippen molar-refractivity contribution in [2.75, 3.05) is 32.9 Å². The van der Waals surface area contributed by atoms with Gasteiger partial charge in [0.2, 0.25) is 0 Å². The van der Waals surface area contributed by atoms with Crippen molar-refractivity contribution in [2.24, 2.45) is 0 Å². The Balaban J connectivity index is 1.35. The fraction of sp³-hybridized carbons (Fsp3) is 0.680. The molecule has 7 nitrogen and oxygen atoms in total. The Morgan fingerprint density at radius 1 is 1.19 bits per heavy atom. The van der Waals surface area contributed by atoms with Crippen molar-refractivity contribution in [3.63, 3.8) is 0 Å². The van der Waals surface area contributed by atoms with Crippen molar-refractivity contribution in [1.82, 2.24) is 10.2 Å². The van der Waals surface area contributed by atoms with Gasteiger partial charge >= 0.3 is 0 Å². The van der Waals surface area contributed by atoms with E-state index in [0.717, 1.165) is 50.7 Å². The zero-order valence-electron chi connectivity index (χ0n) is 18.6. The van der Waals surface area contributed by atoms with Crippen LogP contribution in [0.1, 0.15) is 56.4 Å². The van der Waals surface area contributed by atoms with Crippen molar-refractivity contribution in [2.45, 2.75) is 74.7 Å². The van der Waals surface area contributed by atoms with Gasteiger partial charge in [-0.05, 0) is 56.1 Å². The summed E-state index contributed by atoms with van der Waals surface area (Å²) in [4.78, 5) is 15.2. The number of nitrogens with zero attached hydrogens (tertiary/aromatic N) is 2. The quantitative estimate of drug-likeness (QED) is 0.780. The van der Waals surface area contributed by atoms with Gasteiger partial charge in [-0.3, -0.25) is 4.79 Å². The Morgan fingerprint density at radius 2 is 2.00 bits per heavy atom. The van der Waals surface area contributed by atoms with Crippen molar-refractivity contribution in [1.29, 1.82) is 5.26 Å². The highest BCUT2D eigenvalue weighted by molar-refractivity contribution is 5.78. The van der Waals surface area contributed by atoms with E-state index in [9.17, 15) is 10.1 Å². The maximum Gasteiger partial charge on any atom is 0.260 e. The van der Waals surface area contributed by atoms with Crippen LogP contribution in [-0.4, -0.2) is 67.5 Å². The molecular weight excluding hydrogens is 406 g/mol. The molecule has 1 aromatic carbocycles. The molecule has 1 unspecified atom stereocenters. The molecule has 172 valence electrons. The van der Waals surface area contributed by atoms with E-state index < -0.39 is 5.60 Å². The molecule has 4 aliphatic heterocycles. The zero-order valence-corrected chi connectivity index (χ0v) is 18.6. The number of ether oxygens (including phenoxy) is 3. The monoisotopic (exact) mass is 439 g/mol. The molecule has 3 fully saturated rings. The first-order valence-electron chi connectivity index (χ1n) is 12.1. The first kappa shape index (κ1) is 21.7. The summed E-state index contributed by atoms with van der Waals surface area (Å²) in [6.07, 6.45) is 7.09. The first-order chi connectivity index (χ1) is 15.7. The molecule has 0 spiro atoms. The van der Waals surface area contributed by atoms with Gasteiger partial charge in [-0.25, -0.2) is 0 Å².